The van der Waals surface area contributed by atoms with Gasteiger partial charge in [-0.3, -0.25) is 0 Å². The van der Waals surface area contributed by atoms with Crippen molar-refractivity contribution in [3.63, 3.8) is 0 Å². The molecule has 0 aromatic heterocycles. The van der Waals surface area contributed by atoms with Crippen molar-refractivity contribution in [3.05, 3.63) is 28.8 Å². The summed E-state index contributed by atoms with van der Waals surface area (Å²) in [4.78, 5) is 13.2. The van der Waals surface area contributed by atoms with Gasteiger partial charge in [0.2, 0.25) is 0 Å². The van der Waals surface area contributed by atoms with Crippen LogP contribution in [0.15, 0.2) is 18.2 Å². The van der Waals surface area contributed by atoms with Crippen LogP contribution in [0.5, 0.6) is 0 Å². The second-order valence-electron chi connectivity index (χ2n) is 6.48. The van der Waals surface area contributed by atoms with Crippen molar-refractivity contribution in [2.24, 2.45) is 0 Å². The first-order chi connectivity index (χ1) is 11.5. The van der Waals surface area contributed by atoms with E-state index in [0.717, 1.165) is 25.2 Å². The molecule has 24 heavy (non-hydrogen) atoms. The Morgan fingerprint density at radius 1 is 1.17 bits per heavy atom. The quantitative estimate of drug-likeness (QED) is 0.446. The molecule has 1 rings (SSSR count). The minimum atomic E-state index is -0.319. The molecule has 0 unspecified atom stereocenters. The van der Waals surface area contributed by atoms with Crippen LogP contribution in [0.3, 0.4) is 0 Å². The van der Waals surface area contributed by atoms with Gasteiger partial charge in [0, 0.05) is 6.54 Å². The van der Waals surface area contributed by atoms with E-state index in [2.05, 4.69) is 12.2 Å². The fourth-order valence-electron chi connectivity index (χ4n) is 2.35. The normalized spacial score (nSPS) is 10.9. The standard InChI is InChI=1S/C19H31ClN2O2/c1-4-5-6-7-8-9-12-21-18-11-10-16(15-17(18)20)19(23)24-14-13-22(2)3/h10-11,15,21H,4-9,12-14H2,1-3H3/p+1. The number of hydrogen-bond donors (Lipinski definition) is 2. The maximum Gasteiger partial charge on any atom is 0.338 e. The van der Waals surface area contributed by atoms with Gasteiger partial charge in [0.1, 0.15) is 13.2 Å². The van der Waals surface area contributed by atoms with Crippen LogP contribution in [-0.4, -0.2) is 39.8 Å². The Hall–Kier alpha value is -1.26. The zero-order valence-electron chi connectivity index (χ0n) is 15.3. The Labute approximate surface area is 151 Å². The van der Waals surface area contributed by atoms with Crippen molar-refractivity contribution in [1.82, 2.24) is 0 Å². The predicted molar refractivity (Wildman–Crippen MR) is 101 cm³/mol. The molecule has 0 radical (unpaired) electrons. The highest BCUT2D eigenvalue weighted by Gasteiger charge is 2.10. The number of hydrogen-bond acceptors (Lipinski definition) is 3. The number of anilines is 1. The molecular formula is C19H32ClN2O2+. The number of unbranched alkanes of at least 4 members (excludes halogenated alkanes) is 5. The van der Waals surface area contributed by atoms with Crippen molar-refractivity contribution < 1.29 is 14.4 Å². The number of ether oxygens (including phenoxy) is 1. The molecule has 1 aromatic carbocycles. The maximum atomic E-state index is 12.0. The van der Waals surface area contributed by atoms with E-state index in [1.54, 1.807) is 12.1 Å². The molecule has 0 fully saturated rings. The summed E-state index contributed by atoms with van der Waals surface area (Å²) in [6.45, 7) is 4.34. The monoisotopic (exact) mass is 355 g/mol. The largest absolute Gasteiger partial charge is 0.456 e. The lowest BCUT2D eigenvalue weighted by molar-refractivity contribution is -0.858. The molecule has 0 aliphatic heterocycles. The number of carbonyl (C=O) groups excluding carboxylic acids is 1. The fourth-order valence-corrected chi connectivity index (χ4v) is 2.59. The Morgan fingerprint density at radius 3 is 2.54 bits per heavy atom. The lowest BCUT2D eigenvalue weighted by atomic mass is 10.1. The minimum Gasteiger partial charge on any atom is -0.456 e. The van der Waals surface area contributed by atoms with Gasteiger partial charge < -0.3 is 15.0 Å². The molecule has 0 spiro atoms. The molecule has 0 amide bonds. The van der Waals surface area contributed by atoms with E-state index in [9.17, 15) is 4.79 Å². The summed E-state index contributed by atoms with van der Waals surface area (Å²) in [6.07, 6.45) is 7.59. The molecule has 0 bridgehead atoms. The first-order valence-corrected chi connectivity index (χ1v) is 9.42. The third kappa shape index (κ3) is 8.55. The summed E-state index contributed by atoms with van der Waals surface area (Å²) in [6, 6.07) is 5.30. The number of benzene rings is 1. The molecule has 1 aromatic rings. The van der Waals surface area contributed by atoms with Crippen LogP contribution in [0.2, 0.25) is 5.02 Å². The SMILES string of the molecule is CCCCCCCCNc1ccc(C(=O)OCC[NH+](C)C)cc1Cl. The average molecular weight is 356 g/mol. The number of halogens is 1. The molecule has 0 saturated carbocycles. The number of quaternary nitrogens is 1. The van der Waals surface area contributed by atoms with Crippen molar-refractivity contribution in [1.29, 1.82) is 0 Å². The van der Waals surface area contributed by atoms with E-state index in [1.807, 2.05) is 20.2 Å². The molecule has 0 atom stereocenters. The van der Waals surface area contributed by atoms with Gasteiger partial charge in [-0.25, -0.2) is 4.79 Å². The highest BCUT2D eigenvalue weighted by molar-refractivity contribution is 6.33. The molecule has 5 heteroatoms. The van der Waals surface area contributed by atoms with Gasteiger partial charge in [0.15, 0.2) is 0 Å². The number of esters is 1. The van der Waals surface area contributed by atoms with Crippen LogP contribution < -0.4 is 10.2 Å². The van der Waals surface area contributed by atoms with E-state index < -0.39 is 0 Å². The van der Waals surface area contributed by atoms with Crippen LogP contribution in [0, 0.1) is 0 Å². The van der Waals surface area contributed by atoms with Crippen molar-refractivity contribution in [2.45, 2.75) is 45.4 Å². The maximum absolute atomic E-state index is 12.0. The first kappa shape index (κ1) is 20.8. The average Bonchev–Trinajstić information content (AvgIpc) is 2.54. The third-order valence-corrected chi connectivity index (χ3v) is 4.20. The van der Waals surface area contributed by atoms with Gasteiger partial charge in [0.25, 0.3) is 0 Å². The second kappa shape index (κ2) is 12.2. The van der Waals surface area contributed by atoms with E-state index in [4.69, 9.17) is 16.3 Å². The summed E-state index contributed by atoms with van der Waals surface area (Å²) < 4.78 is 5.24. The highest BCUT2D eigenvalue weighted by atomic mass is 35.5. The highest BCUT2D eigenvalue weighted by Crippen LogP contribution is 2.23. The zero-order valence-corrected chi connectivity index (χ0v) is 16.0. The van der Waals surface area contributed by atoms with Gasteiger partial charge in [-0.15, -0.1) is 0 Å². The molecule has 0 heterocycles. The van der Waals surface area contributed by atoms with Gasteiger partial charge >= 0.3 is 5.97 Å². The van der Waals surface area contributed by atoms with E-state index >= 15 is 0 Å². The topological polar surface area (TPSA) is 42.8 Å². The van der Waals surface area contributed by atoms with Gasteiger partial charge in [-0.1, -0.05) is 50.6 Å². The number of nitrogens with one attached hydrogen (secondary N) is 2. The molecule has 4 nitrogen and oxygen atoms in total. The van der Waals surface area contributed by atoms with Gasteiger partial charge in [-0.2, -0.15) is 0 Å². The molecule has 0 aliphatic carbocycles. The summed E-state index contributed by atoms with van der Waals surface area (Å²) in [5.74, 6) is -0.319. The number of carbonyl (C=O) groups is 1. The van der Waals surface area contributed by atoms with E-state index in [0.29, 0.717) is 17.2 Å². The van der Waals surface area contributed by atoms with Crippen LogP contribution in [0.4, 0.5) is 5.69 Å². The van der Waals surface area contributed by atoms with E-state index in [1.165, 1.54) is 37.0 Å². The minimum absolute atomic E-state index is 0.319. The summed E-state index contributed by atoms with van der Waals surface area (Å²) in [5.41, 5.74) is 1.37. The van der Waals surface area contributed by atoms with Crippen LogP contribution in [0.1, 0.15) is 55.8 Å². The first-order valence-electron chi connectivity index (χ1n) is 9.04. The number of rotatable bonds is 12. The molecule has 0 aliphatic rings. The molecule has 136 valence electrons. The Bertz CT molecular complexity index is 492. The smallest absolute Gasteiger partial charge is 0.338 e. The fraction of sp³-hybridized carbons (Fsp3) is 0.632. The van der Waals surface area contributed by atoms with Gasteiger partial charge in [0.05, 0.1) is 30.4 Å². The summed E-state index contributed by atoms with van der Waals surface area (Å²) in [7, 11) is 4.05. The number of likely N-dealkylation sites (N-methyl/N-ethyl adjacent to an activating group) is 1. The van der Waals surface area contributed by atoms with E-state index in [-0.39, 0.29) is 5.97 Å². The van der Waals surface area contributed by atoms with Crippen LogP contribution >= 0.6 is 11.6 Å². The van der Waals surface area contributed by atoms with Crippen molar-refractivity contribution >= 4 is 23.3 Å². The molecule has 2 N–H and O–H groups in total. The van der Waals surface area contributed by atoms with Gasteiger partial charge in [-0.05, 0) is 24.6 Å². The molecule has 0 saturated heterocycles. The predicted octanol–water partition coefficient (Wildman–Crippen LogP) is 3.41. The van der Waals surface area contributed by atoms with Crippen LogP contribution in [-0.2, 0) is 4.74 Å². The lowest BCUT2D eigenvalue weighted by Crippen LogP contribution is -3.06. The lowest BCUT2D eigenvalue weighted by Gasteiger charge is -2.11. The molecular weight excluding hydrogens is 324 g/mol. The van der Waals surface area contributed by atoms with Crippen molar-refractivity contribution in [3.8, 4) is 0 Å². The third-order valence-electron chi connectivity index (χ3n) is 3.89. The summed E-state index contributed by atoms with van der Waals surface area (Å²) in [5, 5.41) is 3.90. The van der Waals surface area contributed by atoms with Crippen LogP contribution in [0.25, 0.3) is 0 Å². The van der Waals surface area contributed by atoms with Crippen molar-refractivity contribution in [2.75, 3.05) is 39.1 Å². The zero-order chi connectivity index (χ0) is 17.8. The second-order valence-corrected chi connectivity index (χ2v) is 6.89. The Kier molecular flexibility index (Phi) is 10.5. The Morgan fingerprint density at radius 2 is 1.88 bits per heavy atom. The summed E-state index contributed by atoms with van der Waals surface area (Å²) >= 11 is 6.26. The Balaban J connectivity index is 2.34.